The van der Waals surface area contributed by atoms with Crippen LogP contribution in [0.2, 0.25) is 0 Å². The third-order valence-corrected chi connectivity index (χ3v) is 0. The summed E-state index contributed by atoms with van der Waals surface area (Å²) in [4.78, 5) is 0. The van der Waals surface area contributed by atoms with Gasteiger partial charge in [0.2, 0.25) is 0 Å². The van der Waals surface area contributed by atoms with Crippen LogP contribution in [-0.4, -0.2) is 0 Å². The van der Waals surface area contributed by atoms with Gasteiger partial charge in [-0.2, -0.15) is 0 Å². The van der Waals surface area contributed by atoms with Gasteiger partial charge in [0.1, 0.15) is 0 Å². The van der Waals surface area contributed by atoms with Crippen molar-refractivity contribution in [3.05, 3.63) is 0 Å². The molecule has 114 valence electrons. The molecule has 0 aliphatic rings. The second-order valence-electron chi connectivity index (χ2n) is 0. The molecular formula is O12Pr2W3-18. The minimum atomic E-state index is 0. The second kappa shape index (κ2) is 407. The van der Waals surface area contributed by atoms with Crippen LogP contribution in [0.3, 0.4) is 0 Å². The van der Waals surface area contributed by atoms with Crippen LogP contribution in [-0.2, 0) is 129 Å². The van der Waals surface area contributed by atoms with Gasteiger partial charge >= 0.3 is 82.6 Å². The summed E-state index contributed by atoms with van der Waals surface area (Å²) in [7, 11) is 0. The van der Waals surface area contributed by atoms with Crippen LogP contribution in [0.25, 0.3) is 0 Å². The molecule has 12 nitrogen and oxygen atoms in total. The maximum absolute atomic E-state index is 0. The van der Waals surface area contributed by atoms with Crippen LogP contribution >= 0.6 is 0 Å². The molecule has 0 aromatic carbocycles. The van der Waals surface area contributed by atoms with Crippen molar-refractivity contribution in [1.29, 1.82) is 0 Å². The molecule has 0 bridgehead atoms. The van der Waals surface area contributed by atoms with E-state index in [1.807, 2.05) is 0 Å². The Bertz CT molecular complexity index is 19.7. The van der Waals surface area contributed by atoms with Crippen LogP contribution in [0.15, 0.2) is 0 Å². The summed E-state index contributed by atoms with van der Waals surface area (Å²) < 4.78 is 0. The molecule has 0 saturated carbocycles. The van der Waals surface area contributed by atoms with E-state index in [-0.39, 0.29) is 211 Å². The fraction of sp³-hybridized carbons (Fsp3) is 0. The van der Waals surface area contributed by atoms with Gasteiger partial charge in [-0.15, -0.1) is 0 Å². The minimum absolute atomic E-state index is 0. The monoisotopic (exact) mass is 1030 g/mol. The molecule has 0 amide bonds. The summed E-state index contributed by atoms with van der Waals surface area (Å²) in [5.41, 5.74) is 0. The van der Waals surface area contributed by atoms with Crippen molar-refractivity contribution < 1.29 is 211 Å². The Morgan fingerprint density at radius 2 is 0.176 bits per heavy atom. The van der Waals surface area contributed by atoms with Crippen LogP contribution in [0, 0.1) is 82.6 Å². The fourth-order valence-corrected chi connectivity index (χ4v) is 0. The maximum atomic E-state index is 0. The van der Waals surface area contributed by atoms with E-state index < -0.39 is 0 Å². The third-order valence-electron chi connectivity index (χ3n) is 0. The Morgan fingerprint density at radius 3 is 0.176 bits per heavy atom. The van der Waals surface area contributed by atoms with Crippen LogP contribution < -0.4 is 0 Å². The summed E-state index contributed by atoms with van der Waals surface area (Å²) in [6, 6.07) is 0. The van der Waals surface area contributed by atoms with Crippen molar-refractivity contribution in [2.75, 3.05) is 0 Å². The largest absolute Gasteiger partial charge is 3.00 e. The van der Waals surface area contributed by atoms with E-state index in [2.05, 4.69) is 0 Å². The maximum Gasteiger partial charge on any atom is 3.00 e. The molecule has 0 saturated heterocycles. The average molecular weight is 1030 g/mol. The predicted octanol–water partition coefficient (Wildman–Crippen LogP) is -1.43. The fourth-order valence-electron chi connectivity index (χ4n) is 0. The van der Waals surface area contributed by atoms with E-state index in [0.717, 1.165) is 0 Å². The van der Waals surface area contributed by atoms with E-state index >= 15 is 0 Å². The van der Waals surface area contributed by atoms with Gasteiger partial charge in [-0.25, -0.2) is 0 Å². The third kappa shape index (κ3) is 366. The predicted molar refractivity (Wildman–Crippen MR) is 8.24 cm³/mol. The Kier molecular flexibility index (Phi) is 11300. The smallest absolute Gasteiger partial charge is 2.00 e. The van der Waals surface area contributed by atoms with Gasteiger partial charge < -0.3 is 65.7 Å². The molecule has 0 radical (unpaired) electrons. The molecule has 0 aromatic rings. The quantitative estimate of drug-likeness (QED) is 0.270. The molecule has 0 atom stereocenters. The van der Waals surface area contributed by atoms with Crippen molar-refractivity contribution in [2.45, 2.75) is 0 Å². The van der Waals surface area contributed by atoms with Gasteiger partial charge in [0.05, 0.1) is 0 Å². The van der Waals surface area contributed by atoms with Crippen LogP contribution in [0.1, 0.15) is 0 Å². The van der Waals surface area contributed by atoms with Gasteiger partial charge in [-0.1, -0.05) is 0 Å². The number of rotatable bonds is 0. The van der Waals surface area contributed by atoms with E-state index in [9.17, 15) is 0 Å². The van der Waals surface area contributed by atoms with Gasteiger partial charge in [0.25, 0.3) is 0 Å². The van der Waals surface area contributed by atoms with Gasteiger partial charge in [0.15, 0.2) is 0 Å². The first-order valence-electron chi connectivity index (χ1n) is 0. The Labute approximate surface area is 207 Å². The second-order valence-corrected chi connectivity index (χ2v) is 0. The molecule has 0 fully saturated rings. The van der Waals surface area contributed by atoms with E-state index in [1.54, 1.807) is 0 Å². The summed E-state index contributed by atoms with van der Waals surface area (Å²) in [5.74, 6) is 0. The Balaban J connectivity index is 0. The van der Waals surface area contributed by atoms with Gasteiger partial charge in [-0.3, -0.25) is 0 Å². The molecule has 0 aliphatic carbocycles. The normalized spacial score (nSPS) is 0. The molecule has 0 spiro atoms. The first-order valence-corrected chi connectivity index (χ1v) is 0. The zero-order chi connectivity index (χ0) is 0. The summed E-state index contributed by atoms with van der Waals surface area (Å²) >= 11 is 0. The first-order chi connectivity index (χ1) is 0. The molecule has 0 rings (SSSR count). The van der Waals surface area contributed by atoms with Crippen molar-refractivity contribution in [3.8, 4) is 0 Å². The Hall–Kier alpha value is 4.31. The molecule has 17 heavy (non-hydrogen) atoms. The molecular weight excluding hydrogens is 1030 g/mol. The molecule has 17 heteroatoms. The summed E-state index contributed by atoms with van der Waals surface area (Å²) in [6.07, 6.45) is 0. The number of hydrogen-bond acceptors (Lipinski definition) is 0. The summed E-state index contributed by atoms with van der Waals surface area (Å²) in [6.45, 7) is 0. The molecule has 0 unspecified atom stereocenters. The average Bonchev–Trinajstić information content (AvgIpc) is 0. The molecule has 0 aliphatic heterocycles. The van der Waals surface area contributed by atoms with Crippen LogP contribution in [0.5, 0.6) is 0 Å². The topological polar surface area (TPSA) is 342 Å². The molecule has 0 aromatic heterocycles. The zero-order valence-electron chi connectivity index (χ0n) is 7.28. The number of hydrogen-bond donors (Lipinski definition) is 0. The van der Waals surface area contributed by atoms with Crippen molar-refractivity contribution in [2.24, 2.45) is 0 Å². The molecule has 0 heterocycles. The summed E-state index contributed by atoms with van der Waals surface area (Å²) in [5, 5.41) is 0. The van der Waals surface area contributed by atoms with Gasteiger partial charge in [0, 0.05) is 63.2 Å². The molecule has 0 N–H and O–H groups in total. The van der Waals surface area contributed by atoms with E-state index in [0.29, 0.717) is 0 Å². The van der Waals surface area contributed by atoms with Crippen molar-refractivity contribution in [1.82, 2.24) is 0 Å². The standard InChI is InChI=1S/12O.2Pr.3W/q12*-2;2*+3;;;. The minimum Gasteiger partial charge on any atom is -2.00 e. The zero-order valence-corrected chi connectivity index (χ0v) is 23.5. The first kappa shape index (κ1) is 473. The van der Waals surface area contributed by atoms with Gasteiger partial charge in [-0.05, 0) is 0 Å². The van der Waals surface area contributed by atoms with Crippen LogP contribution in [0.4, 0.5) is 0 Å². The Morgan fingerprint density at radius 1 is 0.176 bits per heavy atom. The van der Waals surface area contributed by atoms with Crippen molar-refractivity contribution in [3.63, 3.8) is 0 Å². The van der Waals surface area contributed by atoms with E-state index in [4.69, 9.17) is 0 Å². The van der Waals surface area contributed by atoms with E-state index in [1.165, 1.54) is 0 Å². The van der Waals surface area contributed by atoms with Crippen molar-refractivity contribution >= 4 is 0 Å². The SMILES string of the molecule is [O-2].[O-2].[O-2].[O-2].[O-2].[O-2].[O-2].[O-2].[O-2].[O-2].[O-2].[O-2].[Pr+3].[Pr+3].[W].[W].[W].